The van der Waals surface area contributed by atoms with E-state index >= 15 is 0 Å². The summed E-state index contributed by atoms with van der Waals surface area (Å²) >= 11 is 3.64. The van der Waals surface area contributed by atoms with Crippen molar-refractivity contribution in [2.24, 2.45) is 0 Å². The van der Waals surface area contributed by atoms with Crippen LogP contribution >= 0.6 is 34.4 Å². The molecule has 130 valence electrons. The van der Waals surface area contributed by atoms with E-state index in [-0.39, 0.29) is 11.4 Å². The maximum atomic E-state index is 9.62. The van der Waals surface area contributed by atoms with Gasteiger partial charge >= 0.3 is 0 Å². The molecule has 0 saturated carbocycles. The van der Waals surface area contributed by atoms with Crippen molar-refractivity contribution < 1.29 is 4.74 Å². The summed E-state index contributed by atoms with van der Waals surface area (Å²) in [6.07, 6.45) is 1.89. The molecule has 1 N–H and O–H groups in total. The van der Waals surface area contributed by atoms with E-state index in [1.165, 1.54) is 11.8 Å². The van der Waals surface area contributed by atoms with Crippen LogP contribution in [0.1, 0.15) is 11.1 Å². The van der Waals surface area contributed by atoms with E-state index < -0.39 is 0 Å². The first-order valence-electron chi connectivity index (χ1n) is 7.75. The highest BCUT2D eigenvalue weighted by Gasteiger charge is 2.16. The van der Waals surface area contributed by atoms with Crippen LogP contribution in [0, 0.1) is 14.9 Å². The van der Waals surface area contributed by atoms with Crippen LogP contribution in [0.3, 0.4) is 0 Å². The van der Waals surface area contributed by atoms with Crippen LogP contribution in [-0.4, -0.2) is 16.2 Å². The second-order valence-corrected chi connectivity index (χ2v) is 7.28. The highest BCUT2D eigenvalue weighted by Crippen LogP contribution is 2.28. The van der Waals surface area contributed by atoms with Gasteiger partial charge in [0, 0.05) is 9.26 Å². The van der Waals surface area contributed by atoms with Crippen LogP contribution in [0.4, 0.5) is 11.5 Å². The van der Waals surface area contributed by atoms with Gasteiger partial charge in [-0.15, -0.1) is 0 Å². The Balaban J connectivity index is 1.91. The molecule has 0 unspecified atom stereocenters. The number of nitrogens with zero attached hydrogens (tertiary/aromatic N) is 3. The van der Waals surface area contributed by atoms with Crippen molar-refractivity contribution in [2.75, 3.05) is 11.6 Å². The Kier molecular flexibility index (Phi) is 6.30. The molecule has 0 aliphatic carbocycles. The van der Waals surface area contributed by atoms with Crippen LogP contribution in [-0.2, 0) is 6.61 Å². The monoisotopic (exact) mass is 474 g/mol. The standard InChI is InChI=1S/C19H15IN4OS/c1-26-19-23-17(22-15-9-7-14(20)8-10-15)16(11-21)18(24-19)25-12-13-5-3-2-4-6-13/h2-10H,12H2,1H3,(H,22,23,24). The molecule has 0 aliphatic heterocycles. The van der Waals surface area contributed by atoms with Crippen LogP contribution in [0.15, 0.2) is 59.8 Å². The molecule has 0 fully saturated rings. The molecule has 3 aromatic rings. The fourth-order valence-electron chi connectivity index (χ4n) is 2.20. The van der Waals surface area contributed by atoms with Crippen molar-refractivity contribution in [2.45, 2.75) is 11.8 Å². The average Bonchev–Trinajstić information content (AvgIpc) is 2.68. The molecule has 0 bridgehead atoms. The SMILES string of the molecule is CSc1nc(Nc2ccc(I)cc2)c(C#N)c(OCc2ccccc2)n1. The smallest absolute Gasteiger partial charge is 0.238 e. The molecule has 0 amide bonds. The van der Waals surface area contributed by atoms with Crippen molar-refractivity contribution in [3.63, 3.8) is 0 Å². The van der Waals surface area contributed by atoms with Gasteiger partial charge in [0.1, 0.15) is 12.7 Å². The maximum absolute atomic E-state index is 9.62. The highest BCUT2D eigenvalue weighted by atomic mass is 127. The van der Waals surface area contributed by atoms with Gasteiger partial charge < -0.3 is 10.1 Å². The quantitative estimate of drug-likeness (QED) is 0.308. The van der Waals surface area contributed by atoms with Gasteiger partial charge in [-0.05, 0) is 58.7 Å². The zero-order valence-electron chi connectivity index (χ0n) is 13.9. The lowest BCUT2D eigenvalue weighted by molar-refractivity contribution is 0.290. The van der Waals surface area contributed by atoms with E-state index in [2.05, 4.69) is 43.9 Å². The van der Waals surface area contributed by atoms with E-state index in [1.54, 1.807) is 0 Å². The highest BCUT2D eigenvalue weighted by molar-refractivity contribution is 14.1. The number of benzene rings is 2. The first-order valence-corrected chi connectivity index (χ1v) is 10.1. The third-order valence-electron chi connectivity index (χ3n) is 3.48. The summed E-state index contributed by atoms with van der Waals surface area (Å²) in [7, 11) is 0. The molecule has 5 nitrogen and oxygen atoms in total. The topological polar surface area (TPSA) is 70.8 Å². The molecule has 0 spiro atoms. The molecule has 3 rings (SSSR count). The van der Waals surface area contributed by atoms with Crippen molar-refractivity contribution >= 4 is 45.9 Å². The number of nitrogens with one attached hydrogen (secondary N) is 1. The van der Waals surface area contributed by atoms with Gasteiger partial charge in [0.05, 0.1) is 0 Å². The zero-order valence-corrected chi connectivity index (χ0v) is 16.9. The summed E-state index contributed by atoms with van der Waals surface area (Å²) in [6.45, 7) is 0.337. The van der Waals surface area contributed by atoms with Gasteiger partial charge in [-0.3, -0.25) is 0 Å². The molecule has 7 heteroatoms. The second kappa shape index (κ2) is 8.87. The van der Waals surface area contributed by atoms with E-state index in [1.807, 2.05) is 60.9 Å². The third kappa shape index (κ3) is 4.65. The predicted molar refractivity (Wildman–Crippen MR) is 112 cm³/mol. The zero-order chi connectivity index (χ0) is 18.4. The number of aromatic nitrogens is 2. The molecule has 0 aliphatic rings. The van der Waals surface area contributed by atoms with Crippen molar-refractivity contribution in [1.82, 2.24) is 9.97 Å². The minimum absolute atomic E-state index is 0.281. The fourth-order valence-corrected chi connectivity index (χ4v) is 2.92. The largest absolute Gasteiger partial charge is 0.472 e. The number of nitriles is 1. The average molecular weight is 474 g/mol. The Morgan fingerprint density at radius 3 is 2.50 bits per heavy atom. The lowest BCUT2D eigenvalue weighted by Gasteiger charge is -2.13. The van der Waals surface area contributed by atoms with E-state index in [0.29, 0.717) is 17.6 Å². The van der Waals surface area contributed by atoms with Crippen LogP contribution in [0.5, 0.6) is 5.88 Å². The molecule has 1 heterocycles. The van der Waals surface area contributed by atoms with Crippen molar-refractivity contribution in [3.05, 3.63) is 69.3 Å². The van der Waals surface area contributed by atoms with Crippen LogP contribution in [0.2, 0.25) is 0 Å². The summed E-state index contributed by atoms with van der Waals surface area (Å²) in [5, 5.41) is 13.4. The molecular weight excluding hydrogens is 459 g/mol. The molecule has 0 atom stereocenters. The summed E-state index contributed by atoms with van der Waals surface area (Å²) in [5.74, 6) is 0.722. The first-order chi connectivity index (χ1) is 12.7. The minimum Gasteiger partial charge on any atom is -0.472 e. The Labute approximate surface area is 170 Å². The lowest BCUT2D eigenvalue weighted by atomic mass is 10.2. The number of hydrogen-bond donors (Lipinski definition) is 1. The molecular formula is C19H15IN4OS. The number of thioether (sulfide) groups is 1. The van der Waals surface area contributed by atoms with E-state index in [9.17, 15) is 5.26 Å². The predicted octanol–water partition coefficient (Wildman–Crippen LogP) is 5.00. The summed E-state index contributed by atoms with van der Waals surface area (Å²) in [6, 6.07) is 19.8. The molecule has 26 heavy (non-hydrogen) atoms. The van der Waals surface area contributed by atoms with Gasteiger partial charge in [0.2, 0.25) is 5.88 Å². The lowest BCUT2D eigenvalue weighted by Crippen LogP contribution is -2.06. The Morgan fingerprint density at radius 2 is 1.85 bits per heavy atom. The van der Waals surface area contributed by atoms with E-state index in [0.717, 1.165) is 14.8 Å². The molecule has 0 saturated heterocycles. The van der Waals surface area contributed by atoms with Crippen LogP contribution in [0.25, 0.3) is 0 Å². The van der Waals surface area contributed by atoms with E-state index in [4.69, 9.17) is 4.74 Å². The van der Waals surface area contributed by atoms with Gasteiger partial charge in [0.15, 0.2) is 16.5 Å². The number of ether oxygens (including phenoxy) is 1. The summed E-state index contributed by atoms with van der Waals surface area (Å²) in [4.78, 5) is 8.79. The Morgan fingerprint density at radius 1 is 1.12 bits per heavy atom. The number of anilines is 2. The fraction of sp³-hybridized carbons (Fsp3) is 0.105. The summed E-state index contributed by atoms with van der Waals surface area (Å²) < 4.78 is 6.96. The Bertz CT molecular complexity index is 927. The number of halogens is 1. The van der Waals surface area contributed by atoms with Gasteiger partial charge in [-0.25, -0.2) is 4.98 Å². The van der Waals surface area contributed by atoms with Crippen molar-refractivity contribution in [1.29, 1.82) is 5.26 Å². The molecule has 1 aromatic heterocycles. The molecule has 0 radical (unpaired) electrons. The van der Waals surface area contributed by atoms with Crippen LogP contribution < -0.4 is 10.1 Å². The van der Waals surface area contributed by atoms with Gasteiger partial charge in [-0.2, -0.15) is 10.2 Å². The Hall–Kier alpha value is -2.31. The maximum Gasteiger partial charge on any atom is 0.238 e. The first kappa shape index (κ1) is 18.5. The van der Waals surface area contributed by atoms with Gasteiger partial charge in [0.25, 0.3) is 0 Å². The summed E-state index contributed by atoms with van der Waals surface area (Å²) in [5.41, 5.74) is 2.15. The third-order valence-corrected chi connectivity index (χ3v) is 4.74. The van der Waals surface area contributed by atoms with Gasteiger partial charge in [-0.1, -0.05) is 42.1 Å². The normalized spacial score (nSPS) is 10.2. The van der Waals surface area contributed by atoms with Crippen molar-refractivity contribution in [3.8, 4) is 11.9 Å². The molecule has 2 aromatic carbocycles. The minimum atomic E-state index is 0.281. The second-order valence-electron chi connectivity index (χ2n) is 5.26. The number of rotatable bonds is 6. The number of hydrogen-bond acceptors (Lipinski definition) is 6.